The van der Waals surface area contributed by atoms with Crippen LogP contribution >= 0.6 is 0 Å². The van der Waals surface area contributed by atoms with Crippen LogP contribution < -0.4 is 9.46 Å². The Morgan fingerprint density at radius 2 is 1.52 bits per heavy atom. The van der Waals surface area contributed by atoms with Gasteiger partial charge in [-0.1, -0.05) is 36.4 Å². The van der Waals surface area contributed by atoms with E-state index in [1.165, 1.54) is 43.6 Å². The van der Waals surface area contributed by atoms with Crippen LogP contribution in [0.1, 0.15) is 5.56 Å². The molecule has 0 aliphatic heterocycles. The second-order valence-corrected chi connectivity index (χ2v) is 10.7. The van der Waals surface area contributed by atoms with Crippen molar-refractivity contribution in [2.24, 2.45) is 0 Å². The number of aliphatic hydroxyl groups is 1. The zero-order valence-electron chi connectivity index (χ0n) is 17.7. The fraction of sp³-hybridized carbons (Fsp3) is 0.130. The molecule has 0 aliphatic rings. The molecule has 3 aromatic carbocycles. The molecule has 0 fully saturated rings. The molecule has 2 N–H and O–H groups in total. The Balaban J connectivity index is 1.92. The van der Waals surface area contributed by atoms with E-state index in [1.807, 2.05) is 0 Å². The number of aliphatic hydroxyl groups excluding tert-OH is 1. The Kier molecular flexibility index (Phi) is 6.15. The Labute approximate surface area is 192 Å². The lowest BCUT2D eigenvalue weighted by Crippen LogP contribution is -2.16. The summed E-state index contributed by atoms with van der Waals surface area (Å²) in [5, 5.41) is 10.1. The monoisotopic (exact) mass is 486 g/mol. The van der Waals surface area contributed by atoms with E-state index in [1.54, 1.807) is 42.5 Å². The molecule has 172 valence electrons. The quantitative estimate of drug-likeness (QED) is 0.395. The first kappa shape index (κ1) is 22.8. The van der Waals surface area contributed by atoms with Crippen molar-refractivity contribution in [3.8, 4) is 5.75 Å². The van der Waals surface area contributed by atoms with Gasteiger partial charge in [-0.15, -0.1) is 0 Å². The lowest BCUT2D eigenvalue weighted by atomic mass is 10.0. The average molecular weight is 487 g/mol. The van der Waals surface area contributed by atoms with Gasteiger partial charge < -0.3 is 9.84 Å². The van der Waals surface area contributed by atoms with E-state index >= 15 is 0 Å². The highest BCUT2D eigenvalue weighted by atomic mass is 32.2. The number of nitrogens with one attached hydrogen (secondary N) is 1. The number of sulfonamides is 1. The Morgan fingerprint density at radius 3 is 2.09 bits per heavy atom. The smallest absolute Gasteiger partial charge is 0.268 e. The zero-order valence-corrected chi connectivity index (χ0v) is 19.3. The summed E-state index contributed by atoms with van der Waals surface area (Å²) in [5.74, 6) is 0.168. The van der Waals surface area contributed by atoms with Gasteiger partial charge >= 0.3 is 0 Å². The van der Waals surface area contributed by atoms with Crippen LogP contribution in [0.3, 0.4) is 0 Å². The van der Waals surface area contributed by atoms with E-state index in [0.717, 1.165) is 3.97 Å². The van der Waals surface area contributed by atoms with Crippen LogP contribution in [0.25, 0.3) is 10.9 Å². The lowest BCUT2D eigenvalue weighted by Gasteiger charge is -2.17. The minimum absolute atomic E-state index is 0.0724. The molecule has 0 amide bonds. The van der Waals surface area contributed by atoms with Gasteiger partial charge in [0.25, 0.3) is 20.0 Å². The number of hydrogen-bond donors (Lipinski definition) is 2. The maximum atomic E-state index is 13.3. The predicted octanol–water partition coefficient (Wildman–Crippen LogP) is 3.22. The van der Waals surface area contributed by atoms with Crippen molar-refractivity contribution < 1.29 is 26.7 Å². The zero-order chi connectivity index (χ0) is 23.6. The van der Waals surface area contributed by atoms with Crippen LogP contribution in [-0.2, 0) is 26.5 Å². The van der Waals surface area contributed by atoms with Gasteiger partial charge in [0, 0.05) is 24.3 Å². The number of hydrogen-bond acceptors (Lipinski definition) is 6. The number of ether oxygens (including phenoxy) is 1. The number of rotatable bonds is 8. The summed E-state index contributed by atoms with van der Waals surface area (Å²) in [6, 6.07) is 18.8. The molecule has 0 saturated carbocycles. The van der Waals surface area contributed by atoms with E-state index < -0.39 is 20.0 Å². The standard InChI is InChI=1S/C23H22N2O6S2/c1-31-22-16-21(24-32(27,28)17-8-4-2-5-9-17)19(13-15-26)20-12-14-25(23(20)22)33(29,30)18-10-6-3-7-11-18/h2-12,14,16,24,26H,13,15H2,1H3. The highest BCUT2D eigenvalue weighted by molar-refractivity contribution is 7.92. The molecular formula is C23H22N2O6S2. The van der Waals surface area contributed by atoms with Gasteiger partial charge in [-0.05, 0) is 42.3 Å². The molecule has 1 heterocycles. The van der Waals surface area contributed by atoms with Crippen LogP contribution in [0, 0.1) is 0 Å². The van der Waals surface area contributed by atoms with Gasteiger partial charge in [-0.25, -0.2) is 20.8 Å². The molecule has 0 saturated heterocycles. The molecule has 8 nitrogen and oxygen atoms in total. The topological polar surface area (TPSA) is 115 Å². The van der Waals surface area contributed by atoms with Gasteiger partial charge in [0.2, 0.25) is 0 Å². The Morgan fingerprint density at radius 1 is 0.909 bits per heavy atom. The molecule has 0 aliphatic carbocycles. The average Bonchev–Trinajstić information content (AvgIpc) is 3.27. The first-order valence-corrected chi connectivity index (χ1v) is 12.9. The van der Waals surface area contributed by atoms with Crippen molar-refractivity contribution in [2.75, 3.05) is 18.4 Å². The minimum atomic E-state index is -3.94. The third-order valence-corrected chi connectivity index (χ3v) is 8.26. The number of fused-ring (bicyclic) bond motifs is 1. The summed E-state index contributed by atoms with van der Waals surface area (Å²) in [7, 11) is -6.49. The highest BCUT2D eigenvalue weighted by Gasteiger charge is 2.25. The maximum Gasteiger partial charge on any atom is 0.268 e. The largest absolute Gasteiger partial charge is 0.494 e. The summed E-state index contributed by atoms with van der Waals surface area (Å²) >= 11 is 0. The van der Waals surface area contributed by atoms with Crippen LogP contribution in [0.2, 0.25) is 0 Å². The highest BCUT2D eigenvalue weighted by Crippen LogP contribution is 2.38. The van der Waals surface area contributed by atoms with E-state index in [2.05, 4.69) is 4.72 Å². The van der Waals surface area contributed by atoms with Crippen LogP contribution in [-0.4, -0.2) is 39.6 Å². The molecule has 4 aromatic rings. The van der Waals surface area contributed by atoms with E-state index in [0.29, 0.717) is 10.9 Å². The summed E-state index contributed by atoms with van der Waals surface area (Å²) in [6.07, 6.45) is 1.49. The van der Waals surface area contributed by atoms with Crippen LogP contribution in [0.5, 0.6) is 5.75 Å². The number of aromatic nitrogens is 1. The molecular weight excluding hydrogens is 464 g/mol. The van der Waals surface area contributed by atoms with Crippen LogP contribution in [0.15, 0.2) is 88.8 Å². The third-order valence-electron chi connectivity index (χ3n) is 5.19. The van der Waals surface area contributed by atoms with Crippen molar-refractivity contribution in [1.29, 1.82) is 0 Å². The van der Waals surface area contributed by atoms with E-state index in [-0.39, 0.29) is 39.8 Å². The molecule has 33 heavy (non-hydrogen) atoms. The number of methoxy groups -OCH3 is 1. The van der Waals surface area contributed by atoms with Gasteiger partial charge in [0.05, 0.1) is 22.6 Å². The number of anilines is 1. The lowest BCUT2D eigenvalue weighted by molar-refractivity contribution is 0.300. The van der Waals surface area contributed by atoms with Crippen molar-refractivity contribution >= 4 is 36.6 Å². The molecule has 0 radical (unpaired) electrons. The van der Waals surface area contributed by atoms with Gasteiger partial charge in [0.15, 0.2) is 0 Å². The fourth-order valence-electron chi connectivity index (χ4n) is 3.67. The summed E-state index contributed by atoms with van der Waals surface area (Å²) < 4.78 is 61.6. The third kappa shape index (κ3) is 4.20. The molecule has 0 unspecified atom stereocenters. The van der Waals surface area contributed by atoms with Crippen LogP contribution in [0.4, 0.5) is 5.69 Å². The fourth-order valence-corrected chi connectivity index (χ4v) is 6.15. The first-order chi connectivity index (χ1) is 15.8. The van der Waals surface area contributed by atoms with Crippen molar-refractivity contribution in [1.82, 2.24) is 3.97 Å². The van der Waals surface area contributed by atoms with E-state index in [4.69, 9.17) is 4.74 Å². The Hall–Kier alpha value is -3.34. The number of benzene rings is 3. The normalized spacial score (nSPS) is 12.1. The summed E-state index contributed by atoms with van der Waals surface area (Å²) in [4.78, 5) is 0.172. The summed E-state index contributed by atoms with van der Waals surface area (Å²) in [5.41, 5.74) is 0.911. The summed E-state index contributed by atoms with van der Waals surface area (Å²) in [6.45, 7) is -0.266. The van der Waals surface area contributed by atoms with Gasteiger partial charge in [-0.2, -0.15) is 0 Å². The molecule has 0 atom stereocenters. The second-order valence-electron chi connectivity index (χ2n) is 7.19. The minimum Gasteiger partial charge on any atom is -0.494 e. The van der Waals surface area contributed by atoms with Crippen molar-refractivity contribution in [3.63, 3.8) is 0 Å². The maximum absolute atomic E-state index is 13.3. The first-order valence-electron chi connectivity index (χ1n) is 10.00. The molecule has 4 rings (SSSR count). The molecule has 10 heteroatoms. The van der Waals surface area contributed by atoms with E-state index in [9.17, 15) is 21.9 Å². The predicted molar refractivity (Wildman–Crippen MR) is 126 cm³/mol. The molecule has 0 bridgehead atoms. The Bertz CT molecular complexity index is 1500. The SMILES string of the molecule is COc1cc(NS(=O)(=O)c2ccccc2)c(CCO)c2ccn(S(=O)(=O)c3ccccc3)c12. The number of nitrogens with zero attached hydrogens (tertiary/aromatic N) is 1. The molecule has 1 aromatic heterocycles. The second kappa shape index (κ2) is 8.89. The van der Waals surface area contributed by atoms with Crippen molar-refractivity contribution in [2.45, 2.75) is 16.2 Å². The van der Waals surface area contributed by atoms with Gasteiger partial charge in [-0.3, -0.25) is 4.72 Å². The van der Waals surface area contributed by atoms with Gasteiger partial charge in [0.1, 0.15) is 11.3 Å². The van der Waals surface area contributed by atoms with Crippen molar-refractivity contribution in [3.05, 3.63) is 84.6 Å². The molecule has 0 spiro atoms.